The number of nitrogens with one attached hydrogen (secondary N) is 1. The Bertz CT molecular complexity index is 1040. The summed E-state index contributed by atoms with van der Waals surface area (Å²) in [6, 6.07) is 15.2. The second kappa shape index (κ2) is 8.60. The molecule has 3 rings (SSSR count). The van der Waals surface area contributed by atoms with Gasteiger partial charge in [0.2, 0.25) is 0 Å². The van der Waals surface area contributed by atoms with E-state index in [-0.39, 0.29) is 23.7 Å². The molecule has 0 bridgehead atoms. The number of carbonyl (C=O) groups is 1. The highest BCUT2D eigenvalue weighted by atomic mass is 16.6. The summed E-state index contributed by atoms with van der Waals surface area (Å²) in [7, 11) is 0. The van der Waals surface area contributed by atoms with Crippen LogP contribution in [-0.2, 0) is 6.61 Å². The number of furan rings is 1. The quantitative estimate of drug-likeness (QED) is 0.425. The topological polar surface area (TPSA) is 94.6 Å². The largest absolute Gasteiger partial charge is 0.485 e. The van der Waals surface area contributed by atoms with E-state index in [1.165, 1.54) is 24.3 Å². The maximum atomic E-state index is 12.4. The van der Waals surface area contributed by atoms with Crippen LogP contribution >= 0.6 is 0 Å². The molecule has 0 aliphatic carbocycles. The van der Waals surface area contributed by atoms with Crippen LogP contribution in [0.15, 0.2) is 59.0 Å². The highest BCUT2D eigenvalue weighted by Crippen LogP contribution is 2.28. The minimum absolute atomic E-state index is 0.0510. The molecule has 1 amide bonds. The van der Waals surface area contributed by atoms with Crippen molar-refractivity contribution in [3.63, 3.8) is 0 Å². The lowest BCUT2D eigenvalue weighted by Crippen LogP contribution is -2.12. The maximum absolute atomic E-state index is 12.4. The number of nitro benzene ring substituents is 1. The van der Waals surface area contributed by atoms with Crippen molar-refractivity contribution in [2.75, 3.05) is 5.32 Å². The molecule has 0 saturated carbocycles. The Kier molecular flexibility index (Phi) is 5.97. The van der Waals surface area contributed by atoms with Crippen molar-refractivity contribution < 1.29 is 18.9 Å². The standard InChI is InChI=1S/C22H22N2O5/c1-14(2)17-10-8-15(3)12-21(17)28-13-16-9-11-20(29-16)22(25)23-18-6-4-5-7-19(18)24(26)27/h4-12,14H,13H2,1-3H3,(H,23,25). The Labute approximate surface area is 168 Å². The normalized spacial score (nSPS) is 10.8. The molecule has 2 aromatic carbocycles. The minimum Gasteiger partial charge on any atom is -0.485 e. The van der Waals surface area contributed by atoms with Crippen molar-refractivity contribution in [2.45, 2.75) is 33.3 Å². The second-order valence-corrected chi connectivity index (χ2v) is 6.98. The Morgan fingerprint density at radius 2 is 1.93 bits per heavy atom. The average molecular weight is 394 g/mol. The van der Waals surface area contributed by atoms with Crippen LogP contribution in [0.4, 0.5) is 11.4 Å². The molecule has 0 aliphatic heterocycles. The van der Waals surface area contributed by atoms with E-state index >= 15 is 0 Å². The van der Waals surface area contributed by atoms with Gasteiger partial charge in [-0.2, -0.15) is 0 Å². The van der Waals surface area contributed by atoms with Gasteiger partial charge in [-0.1, -0.05) is 38.1 Å². The number of benzene rings is 2. The number of anilines is 1. The van der Waals surface area contributed by atoms with Crippen molar-refractivity contribution in [1.82, 2.24) is 0 Å². The van der Waals surface area contributed by atoms with Gasteiger partial charge in [-0.3, -0.25) is 14.9 Å². The predicted molar refractivity (Wildman–Crippen MR) is 109 cm³/mol. The first-order valence-corrected chi connectivity index (χ1v) is 9.22. The Morgan fingerprint density at radius 3 is 2.66 bits per heavy atom. The molecule has 29 heavy (non-hydrogen) atoms. The number of nitrogens with zero attached hydrogens (tertiary/aromatic N) is 1. The molecule has 0 fully saturated rings. The minimum atomic E-state index is -0.566. The lowest BCUT2D eigenvalue weighted by molar-refractivity contribution is -0.383. The van der Waals surface area contributed by atoms with Crippen LogP contribution in [0, 0.1) is 17.0 Å². The van der Waals surface area contributed by atoms with Crippen molar-refractivity contribution in [1.29, 1.82) is 0 Å². The molecule has 0 aliphatic rings. The van der Waals surface area contributed by atoms with Crippen LogP contribution in [0.5, 0.6) is 5.75 Å². The van der Waals surface area contributed by atoms with E-state index in [1.54, 1.807) is 12.1 Å². The van der Waals surface area contributed by atoms with E-state index < -0.39 is 10.8 Å². The number of carbonyl (C=O) groups excluding carboxylic acids is 1. The first kappa shape index (κ1) is 20.1. The third-order valence-corrected chi connectivity index (χ3v) is 4.40. The maximum Gasteiger partial charge on any atom is 0.292 e. The molecule has 1 heterocycles. The van der Waals surface area contributed by atoms with Gasteiger partial charge in [-0.25, -0.2) is 0 Å². The van der Waals surface area contributed by atoms with Crippen LogP contribution in [0.25, 0.3) is 0 Å². The fraction of sp³-hybridized carbons (Fsp3) is 0.227. The van der Waals surface area contributed by atoms with Gasteiger partial charge in [0.15, 0.2) is 5.76 Å². The summed E-state index contributed by atoms with van der Waals surface area (Å²) in [5.41, 5.74) is 2.11. The molecule has 0 spiro atoms. The third-order valence-electron chi connectivity index (χ3n) is 4.40. The molecule has 0 atom stereocenters. The summed E-state index contributed by atoms with van der Waals surface area (Å²) in [5.74, 6) is 1.06. The number of hydrogen-bond donors (Lipinski definition) is 1. The highest BCUT2D eigenvalue weighted by molar-refractivity contribution is 6.03. The summed E-state index contributed by atoms with van der Waals surface area (Å²) in [5, 5.41) is 13.6. The van der Waals surface area contributed by atoms with Gasteiger partial charge < -0.3 is 14.5 Å². The van der Waals surface area contributed by atoms with Crippen molar-refractivity contribution in [3.8, 4) is 5.75 Å². The molecule has 1 N–H and O–H groups in total. The summed E-state index contributed by atoms with van der Waals surface area (Å²) in [6.45, 7) is 6.35. The molecule has 150 valence electrons. The molecule has 3 aromatic rings. The fourth-order valence-corrected chi connectivity index (χ4v) is 2.89. The number of aryl methyl sites for hydroxylation is 1. The number of rotatable bonds is 7. The first-order chi connectivity index (χ1) is 13.8. The SMILES string of the molecule is Cc1ccc(C(C)C)c(OCc2ccc(C(=O)Nc3ccccc3[N+](=O)[O-])o2)c1. The molecule has 0 radical (unpaired) electrons. The number of amides is 1. The van der Waals surface area contributed by atoms with Crippen molar-refractivity contribution >= 4 is 17.3 Å². The van der Waals surface area contributed by atoms with Gasteiger partial charge in [-0.05, 0) is 48.2 Å². The van der Waals surface area contributed by atoms with E-state index in [4.69, 9.17) is 9.15 Å². The Hall–Kier alpha value is -3.61. The molecular formula is C22H22N2O5. The number of para-hydroxylation sites is 2. The van der Waals surface area contributed by atoms with Crippen LogP contribution in [-0.4, -0.2) is 10.8 Å². The molecule has 7 nitrogen and oxygen atoms in total. The summed E-state index contributed by atoms with van der Waals surface area (Å²) in [6.07, 6.45) is 0. The van der Waals surface area contributed by atoms with Gasteiger partial charge in [0.05, 0.1) is 4.92 Å². The molecule has 7 heteroatoms. The fourth-order valence-electron chi connectivity index (χ4n) is 2.89. The van der Waals surface area contributed by atoms with E-state index in [1.807, 2.05) is 25.1 Å². The van der Waals surface area contributed by atoms with Crippen molar-refractivity contribution in [2.24, 2.45) is 0 Å². The molecule has 0 saturated heterocycles. The van der Waals surface area contributed by atoms with E-state index in [2.05, 4.69) is 19.2 Å². The second-order valence-electron chi connectivity index (χ2n) is 6.98. The van der Waals surface area contributed by atoms with E-state index in [0.29, 0.717) is 11.7 Å². The van der Waals surface area contributed by atoms with Crippen LogP contribution in [0.2, 0.25) is 0 Å². The van der Waals surface area contributed by atoms with Gasteiger partial charge in [0.25, 0.3) is 11.6 Å². The summed E-state index contributed by atoms with van der Waals surface area (Å²) < 4.78 is 11.5. The van der Waals surface area contributed by atoms with E-state index in [0.717, 1.165) is 16.9 Å². The van der Waals surface area contributed by atoms with Crippen LogP contribution < -0.4 is 10.1 Å². The smallest absolute Gasteiger partial charge is 0.292 e. The lowest BCUT2D eigenvalue weighted by atomic mass is 10.0. The van der Waals surface area contributed by atoms with Gasteiger partial charge >= 0.3 is 0 Å². The predicted octanol–water partition coefficient (Wildman–Crippen LogP) is 5.45. The Balaban J connectivity index is 1.70. The zero-order valence-corrected chi connectivity index (χ0v) is 16.5. The highest BCUT2D eigenvalue weighted by Gasteiger charge is 2.18. The van der Waals surface area contributed by atoms with Gasteiger partial charge in [0.1, 0.15) is 23.8 Å². The van der Waals surface area contributed by atoms with Gasteiger partial charge in [-0.15, -0.1) is 0 Å². The van der Waals surface area contributed by atoms with E-state index in [9.17, 15) is 14.9 Å². The van der Waals surface area contributed by atoms with Crippen molar-refractivity contribution in [3.05, 3.63) is 87.4 Å². The van der Waals surface area contributed by atoms with Crippen LogP contribution in [0.3, 0.4) is 0 Å². The monoisotopic (exact) mass is 394 g/mol. The lowest BCUT2D eigenvalue weighted by Gasteiger charge is -2.14. The third kappa shape index (κ3) is 4.82. The van der Waals surface area contributed by atoms with Gasteiger partial charge in [0, 0.05) is 6.07 Å². The number of hydrogen-bond acceptors (Lipinski definition) is 5. The average Bonchev–Trinajstić information content (AvgIpc) is 3.15. The summed E-state index contributed by atoms with van der Waals surface area (Å²) >= 11 is 0. The zero-order valence-electron chi connectivity index (χ0n) is 16.5. The van der Waals surface area contributed by atoms with Crippen LogP contribution in [0.1, 0.15) is 47.2 Å². The Morgan fingerprint density at radius 1 is 1.17 bits per heavy atom. The molecular weight excluding hydrogens is 372 g/mol. The molecule has 0 unspecified atom stereocenters. The zero-order chi connectivity index (χ0) is 21.0. The summed E-state index contributed by atoms with van der Waals surface area (Å²) in [4.78, 5) is 22.9. The first-order valence-electron chi connectivity index (χ1n) is 9.22. The number of ether oxygens (including phenoxy) is 1. The number of nitro groups is 1. The molecule has 1 aromatic heterocycles.